The van der Waals surface area contributed by atoms with Crippen LogP contribution in [0.1, 0.15) is 92.2 Å². The van der Waals surface area contributed by atoms with Crippen LogP contribution in [-0.4, -0.2) is 150 Å². The third-order valence-corrected chi connectivity index (χ3v) is 12.8. The molecule has 4 aliphatic rings. The maximum atomic E-state index is 14.1. The monoisotopic (exact) mass is 992 g/mol. The Labute approximate surface area is 412 Å². The first-order chi connectivity index (χ1) is 35.0. The molecule has 1 saturated carbocycles. The van der Waals surface area contributed by atoms with E-state index >= 15 is 0 Å². The van der Waals surface area contributed by atoms with E-state index in [1.165, 1.54) is 23.7 Å². The smallest absolute Gasteiger partial charge is 0.284 e. The van der Waals surface area contributed by atoms with Gasteiger partial charge >= 0.3 is 0 Å². The van der Waals surface area contributed by atoms with Crippen molar-refractivity contribution in [2.45, 2.75) is 51.0 Å². The number of halogens is 2. The lowest BCUT2D eigenvalue weighted by atomic mass is 10.0. The number of amides is 5. The summed E-state index contributed by atoms with van der Waals surface area (Å²) in [5, 5.41) is 12.0. The number of carbonyl (C=O) groups is 6. The second kappa shape index (κ2) is 22.9. The number of Topliss-reactive ketones (excluding diaryl/α,β-unsaturated/α-hetero) is 1. The Kier molecular flexibility index (Phi) is 15.8. The Bertz CT molecular complexity index is 2790. The number of ether oxygens (including phenoxy) is 3. The molecular formula is C50H54F2N10O10. The molecule has 22 heteroatoms. The van der Waals surface area contributed by atoms with Gasteiger partial charge in [-0.3, -0.25) is 43.9 Å². The number of pyridine rings is 1. The van der Waals surface area contributed by atoms with E-state index in [0.717, 1.165) is 56.1 Å². The van der Waals surface area contributed by atoms with Crippen LogP contribution in [0.4, 0.5) is 26.0 Å². The summed E-state index contributed by atoms with van der Waals surface area (Å²) in [5.41, 5.74) is 1.86. The molecule has 6 heterocycles. The van der Waals surface area contributed by atoms with Crippen molar-refractivity contribution in [3.63, 3.8) is 0 Å². The third-order valence-electron chi connectivity index (χ3n) is 12.8. The number of hydrogen-bond donors (Lipinski definition) is 3. The molecule has 3 N–H and O–H groups in total. The molecule has 0 radical (unpaired) electrons. The third kappa shape index (κ3) is 12.1. The zero-order valence-electron chi connectivity index (χ0n) is 39.4. The van der Waals surface area contributed by atoms with Gasteiger partial charge in [0, 0.05) is 81.7 Å². The second-order valence-corrected chi connectivity index (χ2v) is 17.8. The summed E-state index contributed by atoms with van der Waals surface area (Å²) in [6.07, 6.45) is 4.33. The molecule has 3 aliphatic heterocycles. The van der Waals surface area contributed by atoms with Crippen LogP contribution >= 0.6 is 0 Å². The molecular weight excluding hydrogens is 939 g/mol. The lowest BCUT2D eigenvalue weighted by Crippen LogP contribution is -2.54. The van der Waals surface area contributed by atoms with Crippen LogP contribution in [0.3, 0.4) is 0 Å². The number of benzene rings is 2. The van der Waals surface area contributed by atoms with E-state index in [0.29, 0.717) is 74.6 Å². The van der Waals surface area contributed by atoms with Gasteiger partial charge in [0.05, 0.1) is 61.7 Å². The molecule has 1 aliphatic carbocycles. The lowest BCUT2D eigenvalue weighted by Gasteiger charge is -2.36. The summed E-state index contributed by atoms with van der Waals surface area (Å²) in [7, 11) is 0. The first-order valence-electron chi connectivity index (χ1n) is 24.0. The van der Waals surface area contributed by atoms with Gasteiger partial charge in [-0.05, 0) is 86.2 Å². The van der Waals surface area contributed by atoms with Crippen molar-refractivity contribution in [1.82, 2.24) is 34.9 Å². The van der Waals surface area contributed by atoms with Gasteiger partial charge < -0.3 is 34.2 Å². The Balaban J connectivity index is 0.620. The number of ketones is 1. The van der Waals surface area contributed by atoms with Crippen molar-refractivity contribution < 1.29 is 56.2 Å². The predicted octanol–water partition coefficient (Wildman–Crippen LogP) is 5.17. The van der Waals surface area contributed by atoms with E-state index in [2.05, 4.69) is 40.8 Å². The number of nitrogens with one attached hydrogen (secondary N) is 3. The van der Waals surface area contributed by atoms with E-state index in [-0.39, 0.29) is 53.4 Å². The van der Waals surface area contributed by atoms with Crippen molar-refractivity contribution in [2.24, 2.45) is 5.92 Å². The van der Waals surface area contributed by atoms with E-state index < -0.39 is 47.7 Å². The molecule has 2 aromatic carbocycles. The highest BCUT2D eigenvalue weighted by Crippen LogP contribution is 2.33. The fraction of sp³-hybridized carbons (Fsp3) is 0.420. The summed E-state index contributed by atoms with van der Waals surface area (Å²) >= 11 is 0. The molecule has 0 spiro atoms. The van der Waals surface area contributed by atoms with Crippen molar-refractivity contribution in [3.8, 4) is 17.1 Å². The van der Waals surface area contributed by atoms with Gasteiger partial charge in [0.2, 0.25) is 17.7 Å². The molecule has 3 fully saturated rings. The van der Waals surface area contributed by atoms with Crippen molar-refractivity contribution in [3.05, 3.63) is 101 Å². The molecule has 3 aromatic heterocycles. The number of imide groups is 2. The van der Waals surface area contributed by atoms with E-state index in [4.69, 9.17) is 18.6 Å². The quantitative estimate of drug-likeness (QED) is 0.0411. The van der Waals surface area contributed by atoms with Crippen molar-refractivity contribution in [2.75, 3.05) is 94.4 Å². The number of oxazole rings is 1. The average molecular weight is 993 g/mol. The van der Waals surface area contributed by atoms with Crippen LogP contribution in [0.5, 0.6) is 0 Å². The zero-order chi connectivity index (χ0) is 50.1. The minimum Gasteiger partial charge on any atom is -0.444 e. The van der Waals surface area contributed by atoms with Gasteiger partial charge in [-0.25, -0.2) is 23.4 Å². The molecule has 5 aromatic rings. The molecule has 72 heavy (non-hydrogen) atoms. The number of alkyl halides is 2. The van der Waals surface area contributed by atoms with Gasteiger partial charge in [0.15, 0.2) is 17.2 Å². The highest BCUT2D eigenvalue weighted by Gasteiger charge is 2.45. The number of hydrogen-bond acceptors (Lipinski definition) is 16. The molecule has 1 atom stereocenters. The first kappa shape index (κ1) is 49.7. The SMILES string of the molecule is O=C1CCC(N2C(=O)c3ccc(N4CCN(CCOCCOCCOCCCC(=O)c5ccc(-n6cc(NC(=O)c7coc(-c8ccnc(NCC9CC9)c8)n7)c(C(F)F)n6)cc5)CC4)cc3C2=O)C(=O)N1. The van der Waals surface area contributed by atoms with Crippen LogP contribution in [-0.2, 0) is 23.8 Å². The highest BCUT2D eigenvalue weighted by atomic mass is 19.3. The summed E-state index contributed by atoms with van der Waals surface area (Å²) in [5.74, 6) is -1.48. The summed E-state index contributed by atoms with van der Waals surface area (Å²) < 4.78 is 51.9. The minimum absolute atomic E-state index is 0.0678. The maximum Gasteiger partial charge on any atom is 0.284 e. The standard InChI is InChI=1S/C50H54F2N10O10/c51-45(52)44-38(55-46(65)39-30-72-48(56-39)33-13-14-53-42(26-33)54-28-31-3-4-31)29-61(58-44)34-7-5-32(6-8-34)41(63)2-1-20-69-22-24-71-25-23-70-21-19-59-15-17-60(18-16-59)35-9-10-36-37(27-35)50(68)62(49(36)67)40-11-12-43(64)57-47(40)66/h5-10,13-14,26-27,29-31,40,45H,1-4,11-12,15-25,28H2,(H,53,54)(H,55,65)(H,57,64,66). The molecule has 5 amide bonds. The largest absolute Gasteiger partial charge is 0.444 e. The van der Waals surface area contributed by atoms with Crippen LogP contribution in [0.25, 0.3) is 17.1 Å². The number of carbonyl (C=O) groups excluding carboxylic acids is 6. The van der Waals surface area contributed by atoms with Crippen LogP contribution in [0.15, 0.2) is 77.7 Å². The van der Waals surface area contributed by atoms with E-state index in [9.17, 15) is 37.5 Å². The summed E-state index contributed by atoms with van der Waals surface area (Å²) in [6.45, 7) is 7.02. The minimum atomic E-state index is -2.99. The number of piperidine rings is 1. The Hall–Kier alpha value is -7.27. The van der Waals surface area contributed by atoms with Gasteiger partial charge in [0.1, 0.15) is 18.1 Å². The molecule has 9 rings (SSSR count). The number of piperazine rings is 1. The lowest BCUT2D eigenvalue weighted by molar-refractivity contribution is -0.136. The fourth-order valence-corrected chi connectivity index (χ4v) is 8.61. The van der Waals surface area contributed by atoms with Gasteiger partial charge in [-0.1, -0.05) is 0 Å². The Morgan fingerprint density at radius 1 is 0.833 bits per heavy atom. The number of anilines is 3. The van der Waals surface area contributed by atoms with E-state index in [1.54, 1.807) is 54.7 Å². The number of aromatic nitrogens is 4. The van der Waals surface area contributed by atoms with Crippen molar-refractivity contribution in [1.29, 1.82) is 0 Å². The predicted molar refractivity (Wildman–Crippen MR) is 255 cm³/mol. The van der Waals surface area contributed by atoms with Crippen molar-refractivity contribution >= 4 is 52.5 Å². The number of fused-ring (bicyclic) bond motifs is 1. The Morgan fingerprint density at radius 2 is 1.56 bits per heavy atom. The zero-order valence-corrected chi connectivity index (χ0v) is 39.4. The second-order valence-electron chi connectivity index (χ2n) is 17.8. The first-order valence-corrected chi connectivity index (χ1v) is 24.0. The van der Waals surface area contributed by atoms with Crippen LogP contribution < -0.4 is 20.9 Å². The molecule has 2 saturated heterocycles. The topological polar surface area (TPSA) is 233 Å². The molecule has 378 valence electrons. The fourth-order valence-electron chi connectivity index (χ4n) is 8.61. The Morgan fingerprint density at radius 3 is 2.29 bits per heavy atom. The van der Waals surface area contributed by atoms with Gasteiger partial charge in [0.25, 0.3) is 24.1 Å². The van der Waals surface area contributed by atoms with E-state index in [1.807, 2.05) is 6.07 Å². The number of nitrogens with zero attached hydrogens (tertiary/aromatic N) is 7. The average Bonchev–Trinajstić information content (AvgIpc) is 3.80. The summed E-state index contributed by atoms with van der Waals surface area (Å²) in [6, 6.07) is 14.0. The molecule has 1 unspecified atom stereocenters. The molecule has 20 nitrogen and oxygen atoms in total. The normalized spacial score (nSPS) is 17.2. The highest BCUT2D eigenvalue weighted by molar-refractivity contribution is 6.23. The number of rotatable bonds is 24. The molecule has 0 bridgehead atoms. The summed E-state index contributed by atoms with van der Waals surface area (Å²) in [4.78, 5) is 90.2. The van der Waals surface area contributed by atoms with Crippen LogP contribution in [0, 0.1) is 5.92 Å². The maximum absolute atomic E-state index is 14.1. The van der Waals surface area contributed by atoms with Crippen LogP contribution in [0.2, 0.25) is 0 Å². The van der Waals surface area contributed by atoms with Gasteiger partial charge in [-0.15, -0.1) is 0 Å². The van der Waals surface area contributed by atoms with Gasteiger partial charge in [-0.2, -0.15) is 5.10 Å².